The number of benzene rings is 1. The number of nitrogens with zero attached hydrogens (tertiary/aromatic N) is 4. The van der Waals surface area contributed by atoms with Gasteiger partial charge in [-0.1, -0.05) is 18.7 Å². The summed E-state index contributed by atoms with van der Waals surface area (Å²) < 4.78 is 7.34. The summed E-state index contributed by atoms with van der Waals surface area (Å²) in [5.41, 5.74) is 0.957. The Morgan fingerprint density at radius 1 is 1.32 bits per heavy atom. The van der Waals surface area contributed by atoms with Crippen molar-refractivity contribution in [1.82, 2.24) is 25.0 Å². The van der Waals surface area contributed by atoms with Gasteiger partial charge in [-0.3, -0.25) is 14.3 Å². The van der Waals surface area contributed by atoms with Gasteiger partial charge in [0.15, 0.2) is 11.0 Å². The Morgan fingerprint density at radius 3 is 2.54 bits per heavy atom. The lowest BCUT2D eigenvalue weighted by Gasteiger charge is -2.23. The first-order chi connectivity index (χ1) is 13.4. The van der Waals surface area contributed by atoms with Gasteiger partial charge in [-0.15, -0.1) is 10.2 Å². The minimum atomic E-state index is -0.242. The largest absolute Gasteiger partial charge is 0.497 e. The van der Waals surface area contributed by atoms with Crippen LogP contribution in [-0.4, -0.2) is 58.1 Å². The molecule has 0 bridgehead atoms. The minimum absolute atomic E-state index is 0.0537. The molecule has 0 unspecified atom stereocenters. The Labute approximate surface area is 170 Å². The second-order valence-corrected chi connectivity index (χ2v) is 8.61. The lowest BCUT2D eigenvalue weighted by Crippen LogP contribution is -2.32. The van der Waals surface area contributed by atoms with Gasteiger partial charge in [-0.2, -0.15) is 0 Å². The first kappa shape index (κ1) is 20.7. The van der Waals surface area contributed by atoms with E-state index in [4.69, 9.17) is 4.74 Å². The highest BCUT2D eigenvalue weighted by molar-refractivity contribution is 8.00. The molecule has 0 spiro atoms. The molecule has 1 heterocycles. The van der Waals surface area contributed by atoms with Gasteiger partial charge in [0, 0.05) is 11.7 Å². The fourth-order valence-electron chi connectivity index (χ4n) is 3.08. The maximum Gasteiger partial charge on any atom is 0.233 e. The van der Waals surface area contributed by atoms with E-state index in [0.29, 0.717) is 6.04 Å². The number of carbonyl (C=O) groups is 1. The smallest absolute Gasteiger partial charge is 0.233 e. The second-order valence-electron chi connectivity index (χ2n) is 7.30. The van der Waals surface area contributed by atoms with E-state index < -0.39 is 0 Å². The Kier molecular flexibility index (Phi) is 6.61. The van der Waals surface area contributed by atoms with E-state index in [1.54, 1.807) is 7.11 Å². The molecule has 1 aromatic heterocycles. The summed E-state index contributed by atoms with van der Waals surface area (Å²) in [7, 11) is 5.74. The van der Waals surface area contributed by atoms with Crippen LogP contribution in [0.5, 0.6) is 5.75 Å². The molecular formula is C20H29N5O2S. The lowest BCUT2D eigenvalue weighted by atomic mass is 10.2. The number of carbonyl (C=O) groups excluding carboxylic acids is 1. The number of aromatic nitrogens is 3. The van der Waals surface area contributed by atoms with Crippen molar-refractivity contribution in [2.75, 3.05) is 21.2 Å². The van der Waals surface area contributed by atoms with Crippen LogP contribution in [0.4, 0.5) is 0 Å². The van der Waals surface area contributed by atoms with Gasteiger partial charge in [0.05, 0.1) is 18.4 Å². The van der Waals surface area contributed by atoms with E-state index >= 15 is 0 Å². The summed E-state index contributed by atoms with van der Waals surface area (Å²) in [4.78, 5) is 14.6. The van der Waals surface area contributed by atoms with Gasteiger partial charge in [-0.05, 0) is 64.5 Å². The van der Waals surface area contributed by atoms with Crippen molar-refractivity contribution in [3.05, 3.63) is 30.1 Å². The molecule has 1 aliphatic rings. The highest BCUT2D eigenvalue weighted by atomic mass is 32.2. The number of thioether (sulfide) groups is 1. The lowest BCUT2D eigenvalue weighted by molar-refractivity contribution is -0.120. The van der Waals surface area contributed by atoms with Crippen LogP contribution in [0.25, 0.3) is 5.69 Å². The van der Waals surface area contributed by atoms with Crippen LogP contribution in [0, 0.1) is 0 Å². The molecule has 8 heteroatoms. The third-order valence-corrected chi connectivity index (χ3v) is 5.91. The first-order valence-corrected chi connectivity index (χ1v) is 10.6. The fraction of sp³-hybridized carbons (Fsp3) is 0.550. The van der Waals surface area contributed by atoms with Crippen molar-refractivity contribution in [3.63, 3.8) is 0 Å². The fourth-order valence-corrected chi connectivity index (χ4v) is 3.97. The Hall–Kier alpha value is -2.06. The van der Waals surface area contributed by atoms with E-state index in [2.05, 4.69) is 31.9 Å². The number of hydrogen-bond donors (Lipinski definition) is 1. The van der Waals surface area contributed by atoms with Crippen LogP contribution in [-0.2, 0) is 4.79 Å². The van der Waals surface area contributed by atoms with Gasteiger partial charge in [0.2, 0.25) is 5.91 Å². The van der Waals surface area contributed by atoms with Crippen molar-refractivity contribution in [2.45, 2.75) is 55.6 Å². The predicted octanol–water partition coefficient (Wildman–Crippen LogP) is 3.05. The highest BCUT2D eigenvalue weighted by Gasteiger charge is 2.28. The maximum atomic E-state index is 12.4. The van der Waals surface area contributed by atoms with Crippen molar-refractivity contribution in [1.29, 1.82) is 0 Å². The van der Waals surface area contributed by atoms with Crippen LogP contribution in [0.15, 0.2) is 29.4 Å². The van der Waals surface area contributed by atoms with Crippen LogP contribution in [0.3, 0.4) is 0 Å². The Balaban J connectivity index is 1.94. The van der Waals surface area contributed by atoms with E-state index in [1.807, 2.05) is 45.3 Å². The molecule has 7 nitrogen and oxygen atoms in total. The van der Waals surface area contributed by atoms with Crippen LogP contribution in [0.2, 0.25) is 0 Å². The summed E-state index contributed by atoms with van der Waals surface area (Å²) in [5, 5.41) is 12.5. The number of hydrogen-bond acceptors (Lipinski definition) is 6. The molecule has 3 rings (SSSR count). The minimum Gasteiger partial charge on any atom is -0.497 e. The van der Waals surface area contributed by atoms with Crippen LogP contribution >= 0.6 is 11.8 Å². The summed E-state index contributed by atoms with van der Waals surface area (Å²) >= 11 is 1.44. The topological polar surface area (TPSA) is 72.3 Å². The summed E-state index contributed by atoms with van der Waals surface area (Å²) in [5.74, 6) is 1.72. The molecule has 2 atom stereocenters. The quantitative estimate of drug-likeness (QED) is 0.649. The third-order valence-electron chi connectivity index (χ3n) is 4.87. The van der Waals surface area contributed by atoms with E-state index in [-0.39, 0.29) is 17.2 Å². The maximum absolute atomic E-state index is 12.4. The molecule has 0 aliphatic heterocycles. The Bertz CT molecular complexity index is 801. The molecule has 152 valence electrons. The Morgan fingerprint density at radius 2 is 2.00 bits per heavy atom. The van der Waals surface area contributed by atoms with Crippen LogP contribution in [0.1, 0.15) is 45.0 Å². The van der Waals surface area contributed by atoms with Crippen molar-refractivity contribution < 1.29 is 9.53 Å². The average Bonchev–Trinajstić information content (AvgIpc) is 3.41. The van der Waals surface area contributed by atoms with Gasteiger partial charge >= 0.3 is 0 Å². The zero-order chi connectivity index (χ0) is 20.3. The van der Waals surface area contributed by atoms with Gasteiger partial charge in [0.1, 0.15) is 5.75 Å². The standard InChI is InChI=1S/C20H29N5O2S/c1-6-17(24(3)4)18-22-23-20(28-13(2)19(26)21-14-7-8-14)25(18)15-9-11-16(27-5)12-10-15/h9-14,17H,6-8H2,1-5H3,(H,21,26)/t13-,17-/m0/s1. The molecule has 1 aromatic carbocycles. The van der Waals surface area contributed by atoms with Gasteiger partial charge < -0.3 is 10.1 Å². The molecular weight excluding hydrogens is 374 g/mol. The zero-order valence-corrected chi connectivity index (χ0v) is 18.0. The average molecular weight is 404 g/mol. The van der Waals surface area contributed by atoms with Crippen molar-refractivity contribution in [3.8, 4) is 11.4 Å². The van der Waals surface area contributed by atoms with E-state index in [0.717, 1.165) is 41.7 Å². The number of methoxy groups -OCH3 is 1. The van der Waals surface area contributed by atoms with E-state index in [1.165, 1.54) is 11.8 Å². The SMILES string of the molecule is CC[C@@H](c1nnc(S[C@@H](C)C(=O)NC2CC2)n1-c1ccc(OC)cc1)N(C)C. The molecule has 2 aromatic rings. The number of amides is 1. The molecule has 1 aliphatic carbocycles. The van der Waals surface area contributed by atoms with Gasteiger partial charge in [-0.25, -0.2) is 0 Å². The molecule has 1 amide bonds. The summed E-state index contributed by atoms with van der Waals surface area (Å²) in [6, 6.07) is 8.31. The third kappa shape index (κ3) is 4.67. The summed E-state index contributed by atoms with van der Waals surface area (Å²) in [6.07, 6.45) is 3.07. The highest BCUT2D eigenvalue weighted by Crippen LogP contribution is 2.31. The molecule has 1 fully saturated rings. The van der Waals surface area contributed by atoms with E-state index in [9.17, 15) is 4.79 Å². The van der Waals surface area contributed by atoms with Crippen molar-refractivity contribution in [2.24, 2.45) is 0 Å². The van der Waals surface area contributed by atoms with Crippen molar-refractivity contribution >= 4 is 17.7 Å². The normalized spacial score (nSPS) is 16.1. The monoisotopic (exact) mass is 403 g/mol. The second kappa shape index (κ2) is 8.96. The number of rotatable bonds is 9. The molecule has 1 N–H and O–H groups in total. The summed E-state index contributed by atoms with van der Waals surface area (Å²) in [6.45, 7) is 4.05. The van der Waals surface area contributed by atoms with Gasteiger partial charge in [0.25, 0.3) is 0 Å². The molecule has 0 radical (unpaired) electrons. The molecule has 0 saturated heterocycles. The van der Waals surface area contributed by atoms with Crippen LogP contribution < -0.4 is 10.1 Å². The molecule has 1 saturated carbocycles. The predicted molar refractivity (Wildman–Crippen MR) is 111 cm³/mol. The number of nitrogens with one attached hydrogen (secondary N) is 1. The molecule has 28 heavy (non-hydrogen) atoms. The zero-order valence-electron chi connectivity index (χ0n) is 17.2. The first-order valence-electron chi connectivity index (χ1n) is 9.67. The number of ether oxygens (including phenoxy) is 1.